The van der Waals surface area contributed by atoms with E-state index in [1.807, 2.05) is 13.8 Å². The molecule has 0 aliphatic rings. The lowest BCUT2D eigenvalue weighted by atomic mass is 10.1. The number of carbonyl (C=O) groups is 2. The summed E-state index contributed by atoms with van der Waals surface area (Å²) in [4.78, 5) is 35.3. The number of nitrogens with zero attached hydrogens (tertiary/aromatic N) is 1. The maximum absolute atomic E-state index is 12.6. The molecule has 2 rings (SSSR count). The number of hydrogen-bond donors (Lipinski definition) is 3. The number of carboxylic acids is 1. The molecule has 0 atom stereocenters. The number of carboxylic acid groups (broad SMARTS) is 1. The highest BCUT2D eigenvalue weighted by Crippen LogP contribution is 2.26. The van der Waals surface area contributed by atoms with Crippen molar-refractivity contribution < 1.29 is 19.8 Å². The molecule has 0 aliphatic carbocycles. The molecular weight excluding hydrogens is 300 g/mol. The highest BCUT2D eigenvalue weighted by molar-refractivity contribution is 6.03. The Balaban J connectivity index is 2.67. The van der Waals surface area contributed by atoms with E-state index in [1.165, 1.54) is 4.57 Å². The van der Waals surface area contributed by atoms with E-state index in [9.17, 15) is 19.5 Å². The van der Waals surface area contributed by atoms with Gasteiger partial charge in [-0.3, -0.25) is 14.4 Å². The number of aromatic hydroxyl groups is 1. The van der Waals surface area contributed by atoms with Crippen molar-refractivity contribution in [2.75, 3.05) is 6.54 Å². The van der Waals surface area contributed by atoms with Crippen LogP contribution >= 0.6 is 0 Å². The summed E-state index contributed by atoms with van der Waals surface area (Å²) in [5.74, 6) is -2.43. The van der Waals surface area contributed by atoms with Gasteiger partial charge in [0.25, 0.3) is 11.5 Å². The van der Waals surface area contributed by atoms with Crippen LogP contribution in [0.3, 0.4) is 0 Å². The number of rotatable bonds is 5. The van der Waals surface area contributed by atoms with Gasteiger partial charge >= 0.3 is 5.97 Å². The summed E-state index contributed by atoms with van der Waals surface area (Å²) in [6, 6.07) is 6.72. The number of pyridine rings is 1. The molecule has 23 heavy (non-hydrogen) atoms. The predicted octanol–water partition coefficient (Wildman–Crippen LogP) is 1.18. The lowest BCUT2D eigenvalue weighted by molar-refractivity contribution is -0.135. The molecular formula is C16H18N2O5. The first kappa shape index (κ1) is 16.5. The highest BCUT2D eigenvalue weighted by atomic mass is 16.4. The molecule has 1 heterocycles. The Bertz CT molecular complexity index is 823. The number of aliphatic carboxylic acids is 1. The lowest BCUT2D eigenvalue weighted by Gasteiger charge is -2.16. The highest BCUT2D eigenvalue weighted by Gasteiger charge is 2.22. The average molecular weight is 318 g/mol. The molecule has 122 valence electrons. The molecule has 1 aromatic heterocycles. The molecule has 0 radical (unpaired) electrons. The number of fused-ring (bicyclic) bond motifs is 1. The van der Waals surface area contributed by atoms with Gasteiger partial charge in [0.1, 0.15) is 17.9 Å². The Morgan fingerprint density at radius 3 is 2.52 bits per heavy atom. The van der Waals surface area contributed by atoms with Crippen LogP contribution in [-0.2, 0) is 11.3 Å². The summed E-state index contributed by atoms with van der Waals surface area (Å²) >= 11 is 0. The molecule has 1 amide bonds. The van der Waals surface area contributed by atoms with Crippen molar-refractivity contribution in [1.82, 2.24) is 9.88 Å². The van der Waals surface area contributed by atoms with Gasteiger partial charge in [0.2, 0.25) is 0 Å². The fourth-order valence-corrected chi connectivity index (χ4v) is 2.38. The zero-order valence-corrected chi connectivity index (χ0v) is 12.9. The minimum atomic E-state index is -1.24. The van der Waals surface area contributed by atoms with E-state index >= 15 is 0 Å². The maximum atomic E-state index is 12.6. The number of hydrogen-bond acceptors (Lipinski definition) is 4. The van der Waals surface area contributed by atoms with E-state index in [2.05, 4.69) is 5.32 Å². The minimum Gasteiger partial charge on any atom is -0.506 e. The smallest absolute Gasteiger partial charge is 0.322 e. The van der Waals surface area contributed by atoms with Crippen molar-refractivity contribution in [1.29, 1.82) is 0 Å². The van der Waals surface area contributed by atoms with Crippen molar-refractivity contribution in [3.05, 3.63) is 40.2 Å². The van der Waals surface area contributed by atoms with Crippen molar-refractivity contribution in [2.24, 2.45) is 5.92 Å². The van der Waals surface area contributed by atoms with Crippen LogP contribution < -0.4 is 10.9 Å². The van der Waals surface area contributed by atoms with Crippen LogP contribution in [0, 0.1) is 5.92 Å². The molecule has 0 spiro atoms. The molecule has 1 aromatic carbocycles. The molecule has 0 aliphatic heterocycles. The Hall–Kier alpha value is -2.83. The molecule has 0 bridgehead atoms. The van der Waals surface area contributed by atoms with Crippen molar-refractivity contribution in [2.45, 2.75) is 20.4 Å². The first-order chi connectivity index (χ1) is 10.8. The summed E-state index contributed by atoms with van der Waals surface area (Å²) in [7, 11) is 0. The van der Waals surface area contributed by atoms with E-state index in [1.54, 1.807) is 24.3 Å². The lowest BCUT2D eigenvalue weighted by Crippen LogP contribution is -2.36. The van der Waals surface area contributed by atoms with Crippen LogP contribution in [-0.4, -0.2) is 33.2 Å². The van der Waals surface area contributed by atoms with Gasteiger partial charge in [-0.1, -0.05) is 26.0 Å². The van der Waals surface area contributed by atoms with Gasteiger partial charge in [-0.25, -0.2) is 0 Å². The van der Waals surface area contributed by atoms with Crippen molar-refractivity contribution >= 4 is 22.8 Å². The predicted molar refractivity (Wildman–Crippen MR) is 84.7 cm³/mol. The molecule has 3 N–H and O–H groups in total. The maximum Gasteiger partial charge on any atom is 0.322 e. The average Bonchev–Trinajstić information content (AvgIpc) is 2.49. The fraction of sp³-hybridized carbons (Fsp3) is 0.312. The van der Waals surface area contributed by atoms with Crippen LogP contribution in [0.15, 0.2) is 29.1 Å². The monoisotopic (exact) mass is 318 g/mol. The molecule has 0 saturated carbocycles. The number of nitrogens with one attached hydrogen (secondary N) is 1. The molecule has 0 saturated heterocycles. The molecule has 0 fully saturated rings. The molecule has 7 heteroatoms. The second-order valence-electron chi connectivity index (χ2n) is 5.63. The number of amides is 1. The van der Waals surface area contributed by atoms with E-state index in [4.69, 9.17) is 5.11 Å². The normalized spacial score (nSPS) is 10.9. The number of carbonyl (C=O) groups excluding carboxylic acids is 1. The third kappa shape index (κ3) is 3.33. The van der Waals surface area contributed by atoms with Gasteiger partial charge < -0.3 is 20.1 Å². The number of benzene rings is 1. The summed E-state index contributed by atoms with van der Waals surface area (Å²) in [6.07, 6.45) is 0. The first-order valence-corrected chi connectivity index (χ1v) is 7.17. The fourth-order valence-electron chi connectivity index (χ4n) is 2.38. The van der Waals surface area contributed by atoms with Crippen molar-refractivity contribution in [3.8, 4) is 5.75 Å². The standard InChI is InChI=1S/C16H18N2O5/c1-9(2)8-18-11-6-4-3-5-10(11)14(21)13(16(18)23)15(22)17-7-12(19)20/h3-6,9,21H,7-8H2,1-2H3,(H,17,22)(H,19,20). The first-order valence-electron chi connectivity index (χ1n) is 7.17. The van der Waals surface area contributed by atoms with Gasteiger partial charge in [-0.2, -0.15) is 0 Å². The summed E-state index contributed by atoms with van der Waals surface area (Å²) in [5, 5.41) is 21.4. The van der Waals surface area contributed by atoms with Crippen LogP contribution in [0.5, 0.6) is 5.75 Å². The quantitative estimate of drug-likeness (QED) is 0.767. The number of aromatic nitrogens is 1. The minimum absolute atomic E-state index is 0.149. The zero-order valence-electron chi connectivity index (χ0n) is 12.9. The summed E-state index contributed by atoms with van der Waals surface area (Å²) in [6.45, 7) is 3.60. The Morgan fingerprint density at radius 2 is 1.91 bits per heavy atom. The van der Waals surface area contributed by atoms with E-state index < -0.39 is 35.3 Å². The SMILES string of the molecule is CC(C)Cn1c(=O)c(C(=O)NCC(=O)O)c(O)c2ccccc21. The van der Waals surface area contributed by atoms with E-state index in [0.29, 0.717) is 17.4 Å². The Kier molecular flexibility index (Phi) is 4.68. The largest absolute Gasteiger partial charge is 0.506 e. The molecule has 0 unspecified atom stereocenters. The second kappa shape index (κ2) is 6.51. The van der Waals surface area contributed by atoms with Crippen LogP contribution in [0.25, 0.3) is 10.9 Å². The van der Waals surface area contributed by atoms with E-state index in [0.717, 1.165) is 0 Å². The molecule has 2 aromatic rings. The zero-order chi connectivity index (χ0) is 17.1. The second-order valence-corrected chi connectivity index (χ2v) is 5.63. The number of para-hydroxylation sites is 1. The van der Waals surface area contributed by atoms with Crippen molar-refractivity contribution in [3.63, 3.8) is 0 Å². The topological polar surface area (TPSA) is 109 Å². The Labute approximate surface area is 132 Å². The van der Waals surface area contributed by atoms with Crippen LogP contribution in [0.4, 0.5) is 0 Å². The Morgan fingerprint density at radius 1 is 1.26 bits per heavy atom. The van der Waals surface area contributed by atoms with Gasteiger partial charge in [0.15, 0.2) is 0 Å². The third-order valence-corrected chi connectivity index (χ3v) is 3.32. The van der Waals surface area contributed by atoms with Crippen LogP contribution in [0.1, 0.15) is 24.2 Å². The van der Waals surface area contributed by atoms with Gasteiger partial charge in [-0.15, -0.1) is 0 Å². The summed E-state index contributed by atoms with van der Waals surface area (Å²) in [5.41, 5.74) is -0.554. The van der Waals surface area contributed by atoms with Gasteiger partial charge in [0.05, 0.1) is 5.52 Å². The third-order valence-electron chi connectivity index (χ3n) is 3.32. The van der Waals surface area contributed by atoms with Crippen LogP contribution in [0.2, 0.25) is 0 Å². The van der Waals surface area contributed by atoms with E-state index in [-0.39, 0.29) is 5.92 Å². The molecule has 7 nitrogen and oxygen atoms in total. The summed E-state index contributed by atoms with van der Waals surface area (Å²) < 4.78 is 1.43. The van der Waals surface area contributed by atoms with Gasteiger partial charge in [-0.05, 0) is 18.1 Å². The van der Waals surface area contributed by atoms with Gasteiger partial charge in [0, 0.05) is 11.9 Å².